The zero-order chi connectivity index (χ0) is 14.5. The number of aromatic nitrogens is 2. The van der Waals surface area contributed by atoms with Gasteiger partial charge in [0.2, 0.25) is 5.95 Å². The van der Waals surface area contributed by atoms with Gasteiger partial charge in [0.15, 0.2) is 11.6 Å². The van der Waals surface area contributed by atoms with Crippen molar-refractivity contribution in [2.45, 2.75) is 13.8 Å². The van der Waals surface area contributed by atoms with E-state index >= 15 is 0 Å². The monoisotopic (exact) mass is 276 g/mol. The zero-order valence-corrected chi connectivity index (χ0v) is 11.7. The molecule has 0 aliphatic rings. The van der Waals surface area contributed by atoms with Crippen LogP contribution in [-0.2, 0) is 0 Å². The topological polar surface area (TPSA) is 59.1 Å². The number of aryl methyl sites for hydroxylation is 1. The standard InChI is InChI=1S/C14H17FN4O/c1-4-16-14-17-8-9(2)13(19-14)18-10-5-6-11(15)12(7-10)20-3/h5-8H,4H2,1-3H3,(H2,16,17,18,19). The minimum absolute atomic E-state index is 0.189. The molecule has 2 rings (SSSR count). The number of anilines is 3. The zero-order valence-electron chi connectivity index (χ0n) is 11.7. The Hall–Kier alpha value is -2.37. The Labute approximate surface area is 117 Å². The van der Waals surface area contributed by atoms with Gasteiger partial charge >= 0.3 is 0 Å². The predicted molar refractivity (Wildman–Crippen MR) is 77.2 cm³/mol. The molecule has 2 N–H and O–H groups in total. The van der Waals surface area contributed by atoms with Crippen molar-refractivity contribution in [3.8, 4) is 5.75 Å². The molecule has 0 fully saturated rings. The van der Waals surface area contributed by atoms with Crippen LogP contribution in [0.1, 0.15) is 12.5 Å². The normalized spacial score (nSPS) is 10.2. The first-order chi connectivity index (χ1) is 9.63. The highest BCUT2D eigenvalue weighted by atomic mass is 19.1. The van der Waals surface area contributed by atoms with Crippen LogP contribution < -0.4 is 15.4 Å². The summed E-state index contributed by atoms with van der Waals surface area (Å²) in [6.07, 6.45) is 1.73. The maximum Gasteiger partial charge on any atom is 0.224 e. The molecular formula is C14H17FN4O. The summed E-state index contributed by atoms with van der Waals surface area (Å²) in [5.41, 5.74) is 1.60. The lowest BCUT2D eigenvalue weighted by Crippen LogP contribution is -2.05. The first-order valence-corrected chi connectivity index (χ1v) is 6.32. The highest BCUT2D eigenvalue weighted by Crippen LogP contribution is 2.25. The average molecular weight is 276 g/mol. The van der Waals surface area contributed by atoms with Crippen LogP contribution in [0.15, 0.2) is 24.4 Å². The molecule has 1 aromatic heterocycles. The van der Waals surface area contributed by atoms with Crippen LogP contribution in [-0.4, -0.2) is 23.6 Å². The minimum Gasteiger partial charge on any atom is -0.494 e. The Balaban J connectivity index is 2.27. The lowest BCUT2D eigenvalue weighted by molar-refractivity contribution is 0.387. The van der Waals surface area contributed by atoms with E-state index in [2.05, 4.69) is 20.6 Å². The number of ether oxygens (including phenoxy) is 1. The fourth-order valence-corrected chi connectivity index (χ4v) is 1.69. The molecule has 0 saturated heterocycles. The van der Waals surface area contributed by atoms with E-state index < -0.39 is 5.82 Å². The fourth-order valence-electron chi connectivity index (χ4n) is 1.69. The highest BCUT2D eigenvalue weighted by Gasteiger charge is 2.07. The first kappa shape index (κ1) is 14.0. The maximum atomic E-state index is 13.4. The van der Waals surface area contributed by atoms with Gasteiger partial charge in [0, 0.05) is 30.1 Å². The highest BCUT2D eigenvalue weighted by molar-refractivity contribution is 5.61. The summed E-state index contributed by atoms with van der Waals surface area (Å²) in [5, 5.41) is 6.18. The number of rotatable bonds is 5. The molecule has 20 heavy (non-hydrogen) atoms. The molecule has 0 aliphatic heterocycles. The van der Waals surface area contributed by atoms with Crippen molar-refractivity contribution in [1.29, 1.82) is 0 Å². The smallest absolute Gasteiger partial charge is 0.224 e. The molecule has 0 radical (unpaired) electrons. The fraction of sp³-hybridized carbons (Fsp3) is 0.286. The van der Waals surface area contributed by atoms with Crippen LogP contribution >= 0.6 is 0 Å². The second-order valence-electron chi connectivity index (χ2n) is 4.23. The number of nitrogens with one attached hydrogen (secondary N) is 2. The van der Waals surface area contributed by atoms with Gasteiger partial charge < -0.3 is 15.4 Å². The number of hydrogen-bond acceptors (Lipinski definition) is 5. The summed E-state index contributed by atoms with van der Waals surface area (Å²) in [6.45, 7) is 4.62. The summed E-state index contributed by atoms with van der Waals surface area (Å²) in [6, 6.07) is 4.57. The number of halogens is 1. The van der Waals surface area contributed by atoms with Crippen molar-refractivity contribution in [1.82, 2.24) is 9.97 Å². The van der Waals surface area contributed by atoms with Gasteiger partial charge in [-0.1, -0.05) is 0 Å². The molecule has 0 bridgehead atoms. The van der Waals surface area contributed by atoms with E-state index in [4.69, 9.17) is 4.74 Å². The maximum absolute atomic E-state index is 13.4. The molecule has 6 heteroatoms. The summed E-state index contributed by atoms with van der Waals surface area (Å²) in [4.78, 5) is 8.54. The van der Waals surface area contributed by atoms with E-state index in [1.807, 2.05) is 13.8 Å². The van der Waals surface area contributed by atoms with E-state index in [0.29, 0.717) is 17.5 Å². The third-order valence-corrected chi connectivity index (χ3v) is 2.72. The summed E-state index contributed by atoms with van der Waals surface area (Å²) < 4.78 is 18.3. The molecular weight excluding hydrogens is 259 g/mol. The predicted octanol–water partition coefficient (Wildman–Crippen LogP) is 3.11. The van der Waals surface area contributed by atoms with Gasteiger partial charge in [0.05, 0.1) is 7.11 Å². The third-order valence-electron chi connectivity index (χ3n) is 2.72. The van der Waals surface area contributed by atoms with E-state index in [1.54, 1.807) is 18.3 Å². The van der Waals surface area contributed by atoms with Gasteiger partial charge in [-0.05, 0) is 26.0 Å². The molecule has 2 aromatic rings. The summed E-state index contributed by atoms with van der Waals surface area (Å²) >= 11 is 0. The van der Waals surface area contributed by atoms with Gasteiger partial charge in [-0.3, -0.25) is 0 Å². The van der Waals surface area contributed by atoms with E-state index in [0.717, 1.165) is 12.1 Å². The Morgan fingerprint density at radius 2 is 2.15 bits per heavy atom. The number of hydrogen-bond donors (Lipinski definition) is 2. The second-order valence-corrected chi connectivity index (χ2v) is 4.23. The number of nitrogens with zero attached hydrogens (tertiary/aromatic N) is 2. The lowest BCUT2D eigenvalue weighted by atomic mass is 10.2. The van der Waals surface area contributed by atoms with Gasteiger partial charge in [-0.25, -0.2) is 9.37 Å². The molecule has 0 aliphatic carbocycles. The van der Waals surface area contributed by atoms with E-state index in [-0.39, 0.29) is 5.75 Å². The third kappa shape index (κ3) is 3.14. The molecule has 0 saturated carbocycles. The van der Waals surface area contributed by atoms with Crippen LogP contribution in [0.3, 0.4) is 0 Å². The Morgan fingerprint density at radius 1 is 1.35 bits per heavy atom. The lowest BCUT2D eigenvalue weighted by Gasteiger charge is -2.11. The van der Waals surface area contributed by atoms with E-state index in [9.17, 15) is 4.39 Å². The second kappa shape index (κ2) is 6.18. The Bertz CT molecular complexity index is 604. The van der Waals surface area contributed by atoms with Crippen LogP contribution in [0, 0.1) is 12.7 Å². The van der Waals surface area contributed by atoms with Crippen molar-refractivity contribution >= 4 is 17.5 Å². The van der Waals surface area contributed by atoms with Crippen molar-refractivity contribution in [3.05, 3.63) is 35.8 Å². The van der Waals surface area contributed by atoms with Gasteiger partial charge in [0.25, 0.3) is 0 Å². The van der Waals surface area contributed by atoms with Gasteiger partial charge in [-0.2, -0.15) is 4.98 Å². The molecule has 106 valence electrons. The van der Waals surface area contributed by atoms with Crippen LogP contribution in [0.2, 0.25) is 0 Å². The molecule has 0 unspecified atom stereocenters. The molecule has 5 nitrogen and oxygen atoms in total. The average Bonchev–Trinajstić information content (AvgIpc) is 2.45. The SMILES string of the molecule is CCNc1ncc(C)c(Nc2ccc(F)c(OC)c2)n1. The minimum atomic E-state index is -0.397. The van der Waals surface area contributed by atoms with Crippen LogP contribution in [0.5, 0.6) is 5.75 Å². The largest absolute Gasteiger partial charge is 0.494 e. The van der Waals surface area contributed by atoms with Crippen LogP contribution in [0.25, 0.3) is 0 Å². The summed E-state index contributed by atoms with van der Waals surface area (Å²) in [7, 11) is 1.43. The van der Waals surface area contributed by atoms with Crippen molar-refractivity contribution < 1.29 is 9.13 Å². The first-order valence-electron chi connectivity index (χ1n) is 6.32. The summed E-state index contributed by atoms with van der Waals surface area (Å²) in [5.74, 6) is 1.01. The molecule has 0 spiro atoms. The van der Waals surface area contributed by atoms with E-state index in [1.165, 1.54) is 13.2 Å². The van der Waals surface area contributed by atoms with Crippen molar-refractivity contribution in [3.63, 3.8) is 0 Å². The molecule has 1 aromatic carbocycles. The molecule has 0 amide bonds. The number of methoxy groups -OCH3 is 1. The molecule has 1 heterocycles. The van der Waals surface area contributed by atoms with Gasteiger partial charge in [-0.15, -0.1) is 0 Å². The number of benzene rings is 1. The molecule has 0 atom stereocenters. The van der Waals surface area contributed by atoms with Crippen molar-refractivity contribution in [2.75, 3.05) is 24.3 Å². The Kier molecular flexibility index (Phi) is 4.34. The quantitative estimate of drug-likeness (QED) is 0.878. The van der Waals surface area contributed by atoms with Crippen molar-refractivity contribution in [2.24, 2.45) is 0 Å². The Morgan fingerprint density at radius 3 is 2.85 bits per heavy atom. The van der Waals surface area contributed by atoms with Crippen LogP contribution in [0.4, 0.5) is 21.8 Å². The van der Waals surface area contributed by atoms with Gasteiger partial charge in [0.1, 0.15) is 5.82 Å².